The van der Waals surface area contributed by atoms with Crippen LogP contribution in [0.4, 0.5) is 9.59 Å². The first-order valence-electron chi connectivity index (χ1n) is 11.3. The van der Waals surface area contributed by atoms with E-state index in [1.165, 1.54) is 0 Å². The van der Waals surface area contributed by atoms with E-state index in [2.05, 4.69) is 0 Å². The Bertz CT molecular complexity index is 898. The number of methoxy groups -OCH3 is 1. The Kier molecular flexibility index (Phi) is 8.33. The van der Waals surface area contributed by atoms with Gasteiger partial charge in [-0.1, -0.05) is 60.7 Å². The zero-order valence-corrected chi connectivity index (χ0v) is 19.9. The van der Waals surface area contributed by atoms with Crippen molar-refractivity contribution in [3.05, 3.63) is 71.8 Å². The van der Waals surface area contributed by atoms with Gasteiger partial charge in [-0.15, -0.1) is 0 Å². The zero-order chi connectivity index (χ0) is 23.8. The van der Waals surface area contributed by atoms with Crippen LogP contribution in [-0.2, 0) is 27.4 Å². The fraction of sp³-hybridized carbons (Fsp3) is 0.462. The van der Waals surface area contributed by atoms with Gasteiger partial charge in [-0.2, -0.15) is 0 Å². The predicted octanol–water partition coefficient (Wildman–Crippen LogP) is 4.85. The first-order chi connectivity index (χ1) is 15.8. The number of piperidine rings is 1. The fourth-order valence-corrected chi connectivity index (χ4v) is 3.88. The van der Waals surface area contributed by atoms with Gasteiger partial charge in [0.05, 0.1) is 18.7 Å². The summed E-state index contributed by atoms with van der Waals surface area (Å²) in [5, 5.41) is 0. The monoisotopic (exact) mass is 454 g/mol. The van der Waals surface area contributed by atoms with Crippen molar-refractivity contribution in [2.24, 2.45) is 0 Å². The van der Waals surface area contributed by atoms with Crippen molar-refractivity contribution in [1.82, 2.24) is 9.80 Å². The summed E-state index contributed by atoms with van der Waals surface area (Å²) in [5.41, 5.74) is 1.35. The van der Waals surface area contributed by atoms with E-state index in [0.29, 0.717) is 26.1 Å². The first kappa shape index (κ1) is 24.6. The molecule has 1 aliphatic rings. The van der Waals surface area contributed by atoms with Crippen LogP contribution in [0.2, 0.25) is 0 Å². The van der Waals surface area contributed by atoms with E-state index in [9.17, 15) is 9.59 Å². The van der Waals surface area contributed by atoms with E-state index in [0.717, 1.165) is 11.1 Å². The molecule has 2 atom stereocenters. The van der Waals surface area contributed by atoms with Crippen molar-refractivity contribution in [3.8, 4) is 0 Å². The normalized spacial score (nSPS) is 18.5. The molecule has 2 unspecified atom stereocenters. The highest BCUT2D eigenvalue weighted by Crippen LogP contribution is 2.24. The number of benzene rings is 2. The molecule has 1 heterocycles. The van der Waals surface area contributed by atoms with Gasteiger partial charge in [0.2, 0.25) is 0 Å². The Morgan fingerprint density at radius 2 is 1.61 bits per heavy atom. The maximum Gasteiger partial charge on any atom is 0.410 e. The second-order valence-corrected chi connectivity index (χ2v) is 9.21. The van der Waals surface area contributed by atoms with Gasteiger partial charge in [0.15, 0.2) is 0 Å². The summed E-state index contributed by atoms with van der Waals surface area (Å²) in [7, 11) is 1.60. The number of hydrogen-bond acceptors (Lipinski definition) is 5. The highest BCUT2D eigenvalue weighted by molar-refractivity contribution is 5.69. The number of nitrogens with zero attached hydrogens (tertiary/aromatic N) is 2. The molecule has 0 aliphatic carbocycles. The molecule has 0 spiro atoms. The predicted molar refractivity (Wildman–Crippen MR) is 126 cm³/mol. The number of ether oxygens (including phenoxy) is 3. The summed E-state index contributed by atoms with van der Waals surface area (Å²) in [5.74, 6) is 0. The summed E-state index contributed by atoms with van der Waals surface area (Å²) in [6.45, 7) is 6.93. The number of hydrogen-bond donors (Lipinski definition) is 0. The van der Waals surface area contributed by atoms with Gasteiger partial charge in [0.1, 0.15) is 12.2 Å². The van der Waals surface area contributed by atoms with Crippen molar-refractivity contribution in [2.75, 3.05) is 20.2 Å². The molecule has 2 amide bonds. The number of amides is 2. The van der Waals surface area contributed by atoms with Crippen molar-refractivity contribution in [1.29, 1.82) is 0 Å². The maximum absolute atomic E-state index is 13.2. The van der Waals surface area contributed by atoms with Gasteiger partial charge in [-0.05, 0) is 38.3 Å². The third-order valence-corrected chi connectivity index (χ3v) is 5.51. The maximum atomic E-state index is 13.2. The minimum Gasteiger partial charge on any atom is -0.445 e. The van der Waals surface area contributed by atoms with Crippen LogP contribution in [0.1, 0.15) is 38.3 Å². The summed E-state index contributed by atoms with van der Waals surface area (Å²) in [6.07, 6.45) is -0.575. The molecule has 0 bridgehead atoms. The molecule has 0 radical (unpaired) electrons. The van der Waals surface area contributed by atoms with Gasteiger partial charge in [-0.25, -0.2) is 9.59 Å². The smallest absolute Gasteiger partial charge is 0.410 e. The second kappa shape index (κ2) is 11.2. The molecule has 0 N–H and O–H groups in total. The summed E-state index contributed by atoms with van der Waals surface area (Å²) >= 11 is 0. The third kappa shape index (κ3) is 7.22. The summed E-state index contributed by atoms with van der Waals surface area (Å²) < 4.78 is 16.9. The molecule has 2 aromatic rings. The minimum atomic E-state index is -0.572. The molecule has 1 fully saturated rings. The van der Waals surface area contributed by atoms with E-state index in [-0.39, 0.29) is 24.8 Å². The molecule has 1 saturated heterocycles. The minimum absolute atomic E-state index is 0.194. The topological polar surface area (TPSA) is 68.3 Å². The van der Waals surface area contributed by atoms with E-state index in [4.69, 9.17) is 14.2 Å². The van der Waals surface area contributed by atoms with Gasteiger partial charge in [0, 0.05) is 20.2 Å². The summed E-state index contributed by atoms with van der Waals surface area (Å²) in [4.78, 5) is 29.2. The van der Waals surface area contributed by atoms with Crippen LogP contribution < -0.4 is 0 Å². The molecular formula is C26H34N2O5. The van der Waals surface area contributed by atoms with Gasteiger partial charge in [0.25, 0.3) is 0 Å². The largest absolute Gasteiger partial charge is 0.445 e. The van der Waals surface area contributed by atoms with Crippen LogP contribution in [0, 0.1) is 0 Å². The van der Waals surface area contributed by atoms with E-state index in [1.807, 2.05) is 81.4 Å². The second-order valence-electron chi connectivity index (χ2n) is 9.21. The van der Waals surface area contributed by atoms with Gasteiger partial charge < -0.3 is 19.1 Å². The standard InChI is InChI=1S/C26H34N2O5/c1-26(2,3)33-24(29)27-16-15-22(23(18-27)31-4)28(17-20-11-7-5-8-12-20)25(30)32-19-21-13-9-6-10-14-21/h5-14,22-23H,15-19H2,1-4H3. The SMILES string of the molecule is COC1CN(C(=O)OC(C)(C)C)CCC1N(Cc1ccccc1)C(=O)OCc1ccccc1. The number of carbonyl (C=O) groups excluding carboxylic acids is 2. The van der Waals surface area contributed by atoms with Gasteiger partial charge in [-0.3, -0.25) is 4.90 Å². The molecule has 7 nitrogen and oxygen atoms in total. The molecule has 0 aromatic heterocycles. The number of likely N-dealkylation sites (tertiary alicyclic amines) is 1. The molecule has 3 rings (SSSR count). The van der Waals surface area contributed by atoms with Crippen LogP contribution in [0.5, 0.6) is 0 Å². The Hall–Kier alpha value is -3.06. The average molecular weight is 455 g/mol. The van der Waals surface area contributed by atoms with Crippen molar-refractivity contribution in [3.63, 3.8) is 0 Å². The highest BCUT2D eigenvalue weighted by atomic mass is 16.6. The Morgan fingerprint density at radius 3 is 2.18 bits per heavy atom. The number of carbonyl (C=O) groups is 2. The van der Waals surface area contributed by atoms with Crippen LogP contribution in [0.15, 0.2) is 60.7 Å². The van der Waals surface area contributed by atoms with Crippen LogP contribution in [0.3, 0.4) is 0 Å². The molecule has 0 saturated carbocycles. The first-order valence-corrected chi connectivity index (χ1v) is 11.3. The Balaban J connectivity index is 1.74. The van der Waals surface area contributed by atoms with Crippen LogP contribution in [-0.4, -0.2) is 59.9 Å². The molecule has 7 heteroatoms. The third-order valence-electron chi connectivity index (χ3n) is 5.51. The Labute approximate surface area is 196 Å². The lowest BCUT2D eigenvalue weighted by Crippen LogP contribution is -2.57. The lowest BCUT2D eigenvalue weighted by molar-refractivity contribution is -0.0466. The molecular weight excluding hydrogens is 420 g/mol. The molecule has 178 valence electrons. The lowest BCUT2D eigenvalue weighted by Gasteiger charge is -2.42. The van der Waals surface area contributed by atoms with Crippen molar-refractivity contribution in [2.45, 2.75) is 58.1 Å². The molecule has 2 aromatic carbocycles. The van der Waals surface area contributed by atoms with Crippen LogP contribution in [0.25, 0.3) is 0 Å². The van der Waals surface area contributed by atoms with Crippen molar-refractivity contribution < 1.29 is 23.8 Å². The van der Waals surface area contributed by atoms with Crippen molar-refractivity contribution >= 4 is 12.2 Å². The quantitative estimate of drug-likeness (QED) is 0.624. The van der Waals surface area contributed by atoms with E-state index < -0.39 is 11.7 Å². The highest BCUT2D eigenvalue weighted by Gasteiger charge is 2.39. The zero-order valence-electron chi connectivity index (χ0n) is 19.9. The van der Waals surface area contributed by atoms with Gasteiger partial charge >= 0.3 is 12.2 Å². The number of rotatable bonds is 6. The summed E-state index contributed by atoms with van der Waals surface area (Å²) in [6, 6.07) is 19.2. The average Bonchev–Trinajstić information content (AvgIpc) is 2.81. The Morgan fingerprint density at radius 1 is 1.00 bits per heavy atom. The van der Waals surface area contributed by atoms with E-state index in [1.54, 1.807) is 16.9 Å². The fourth-order valence-electron chi connectivity index (χ4n) is 3.88. The molecule has 33 heavy (non-hydrogen) atoms. The van der Waals surface area contributed by atoms with Crippen LogP contribution >= 0.6 is 0 Å². The van der Waals surface area contributed by atoms with E-state index >= 15 is 0 Å². The molecule has 1 aliphatic heterocycles. The lowest BCUT2D eigenvalue weighted by atomic mass is 9.99.